The van der Waals surface area contributed by atoms with Gasteiger partial charge >= 0.3 is 0 Å². The third-order valence-corrected chi connectivity index (χ3v) is 4.77. The molecule has 0 unspecified atom stereocenters. The fourth-order valence-corrected chi connectivity index (χ4v) is 3.28. The van der Waals surface area contributed by atoms with E-state index in [0.29, 0.717) is 17.5 Å². The minimum Gasteiger partial charge on any atom is -0.378 e. The van der Waals surface area contributed by atoms with Crippen molar-refractivity contribution in [2.45, 2.75) is 38.6 Å². The molecule has 1 aliphatic heterocycles. The van der Waals surface area contributed by atoms with Crippen molar-refractivity contribution in [2.75, 3.05) is 31.2 Å². The first kappa shape index (κ1) is 15.3. The zero-order valence-corrected chi connectivity index (χ0v) is 13.3. The van der Waals surface area contributed by atoms with Crippen LogP contribution in [0, 0.1) is 5.92 Å². The van der Waals surface area contributed by atoms with Crippen molar-refractivity contribution in [1.82, 2.24) is 10.3 Å². The van der Waals surface area contributed by atoms with Crippen LogP contribution in [0.2, 0.25) is 0 Å². The molecule has 0 aromatic carbocycles. The molecule has 1 aromatic rings. The van der Waals surface area contributed by atoms with Crippen LogP contribution in [0.4, 0.5) is 5.82 Å². The number of rotatable bonds is 3. The second kappa shape index (κ2) is 7.09. The van der Waals surface area contributed by atoms with Crippen LogP contribution in [0.3, 0.4) is 0 Å². The number of anilines is 1. The second-order valence-corrected chi connectivity index (χ2v) is 6.35. The molecule has 2 atom stereocenters. The molecule has 22 heavy (non-hydrogen) atoms. The molecule has 1 N–H and O–H groups in total. The molecule has 5 heteroatoms. The van der Waals surface area contributed by atoms with Gasteiger partial charge in [-0.1, -0.05) is 19.8 Å². The fraction of sp³-hybridized carbons (Fsp3) is 0.647. The standard InChI is InChI=1S/C17H25N3O2/c1-13-4-2-3-5-15(13)19-17(21)14-6-7-16(18-12-14)20-8-10-22-11-9-20/h6-7,12-13,15H,2-5,8-11H2,1H3,(H,19,21)/t13-,15+/m0/s1. The van der Waals surface area contributed by atoms with Gasteiger partial charge in [-0.05, 0) is 30.9 Å². The molecule has 5 nitrogen and oxygen atoms in total. The zero-order chi connectivity index (χ0) is 15.4. The van der Waals surface area contributed by atoms with Gasteiger partial charge in [-0.3, -0.25) is 4.79 Å². The molecule has 1 amide bonds. The molecule has 1 saturated carbocycles. The lowest BCUT2D eigenvalue weighted by Gasteiger charge is -2.29. The van der Waals surface area contributed by atoms with E-state index in [0.717, 1.165) is 38.5 Å². The molecule has 0 spiro atoms. The van der Waals surface area contributed by atoms with Crippen LogP contribution in [-0.4, -0.2) is 43.2 Å². The summed E-state index contributed by atoms with van der Waals surface area (Å²) in [6.45, 7) is 5.42. The molecular formula is C17H25N3O2. The van der Waals surface area contributed by atoms with Gasteiger partial charge < -0.3 is 15.0 Å². The van der Waals surface area contributed by atoms with Gasteiger partial charge in [0.2, 0.25) is 0 Å². The quantitative estimate of drug-likeness (QED) is 0.930. The van der Waals surface area contributed by atoms with Crippen molar-refractivity contribution in [3.63, 3.8) is 0 Å². The van der Waals surface area contributed by atoms with E-state index in [1.165, 1.54) is 19.3 Å². The van der Waals surface area contributed by atoms with Crippen LogP contribution in [-0.2, 0) is 4.74 Å². The summed E-state index contributed by atoms with van der Waals surface area (Å²) in [5.74, 6) is 1.49. The number of aromatic nitrogens is 1. The maximum atomic E-state index is 12.4. The highest BCUT2D eigenvalue weighted by Gasteiger charge is 2.23. The first-order valence-electron chi connectivity index (χ1n) is 8.33. The van der Waals surface area contributed by atoms with Gasteiger partial charge in [0.05, 0.1) is 18.8 Å². The highest BCUT2D eigenvalue weighted by atomic mass is 16.5. The van der Waals surface area contributed by atoms with E-state index in [4.69, 9.17) is 4.74 Å². The lowest BCUT2D eigenvalue weighted by molar-refractivity contribution is 0.0910. The van der Waals surface area contributed by atoms with Crippen molar-refractivity contribution in [2.24, 2.45) is 5.92 Å². The maximum Gasteiger partial charge on any atom is 0.253 e. The number of carbonyl (C=O) groups is 1. The summed E-state index contributed by atoms with van der Waals surface area (Å²) in [6.07, 6.45) is 6.48. The van der Waals surface area contributed by atoms with Crippen LogP contribution in [0.1, 0.15) is 43.0 Å². The predicted octanol–water partition coefficient (Wildman–Crippen LogP) is 2.23. The van der Waals surface area contributed by atoms with E-state index in [2.05, 4.69) is 22.1 Å². The molecule has 1 aliphatic carbocycles. The first-order valence-corrected chi connectivity index (χ1v) is 8.33. The highest BCUT2D eigenvalue weighted by Crippen LogP contribution is 2.24. The summed E-state index contributed by atoms with van der Waals surface area (Å²) in [5.41, 5.74) is 0.648. The predicted molar refractivity (Wildman–Crippen MR) is 86.2 cm³/mol. The minimum atomic E-state index is -0.000206. The second-order valence-electron chi connectivity index (χ2n) is 6.35. The number of carbonyl (C=O) groups excluding carboxylic acids is 1. The largest absolute Gasteiger partial charge is 0.378 e. The van der Waals surface area contributed by atoms with E-state index in [1.54, 1.807) is 6.20 Å². The van der Waals surface area contributed by atoms with Crippen molar-refractivity contribution in [3.8, 4) is 0 Å². The molecule has 3 rings (SSSR count). The fourth-order valence-electron chi connectivity index (χ4n) is 3.28. The number of amides is 1. The average molecular weight is 303 g/mol. The monoisotopic (exact) mass is 303 g/mol. The van der Waals surface area contributed by atoms with Crippen molar-refractivity contribution in [3.05, 3.63) is 23.9 Å². The normalized spacial score (nSPS) is 25.8. The van der Waals surface area contributed by atoms with Gasteiger partial charge in [-0.15, -0.1) is 0 Å². The van der Waals surface area contributed by atoms with E-state index >= 15 is 0 Å². The van der Waals surface area contributed by atoms with Gasteiger partial charge in [0, 0.05) is 25.3 Å². The highest BCUT2D eigenvalue weighted by molar-refractivity contribution is 5.94. The Kier molecular flexibility index (Phi) is 4.93. The van der Waals surface area contributed by atoms with Crippen LogP contribution < -0.4 is 10.2 Å². The van der Waals surface area contributed by atoms with Crippen molar-refractivity contribution in [1.29, 1.82) is 0 Å². The summed E-state index contributed by atoms with van der Waals surface area (Å²) < 4.78 is 5.34. The Hall–Kier alpha value is -1.62. The summed E-state index contributed by atoms with van der Waals surface area (Å²) in [4.78, 5) is 19.0. The van der Waals surface area contributed by atoms with Crippen molar-refractivity contribution < 1.29 is 9.53 Å². The number of nitrogens with zero attached hydrogens (tertiary/aromatic N) is 2. The molecule has 1 aromatic heterocycles. The Morgan fingerprint density at radius 1 is 1.27 bits per heavy atom. The van der Waals surface area contributed by atoms with E-state index in [1.807, 2.05) is 12.1 Å². The molecule has 2 aliphatic rings. The number of ether oxygens (including phenoxy) is 1. The molecule has 1 saturated heterocycles. The van der Waals surface area contributed by atoms with Gasteiger partial charge in [-0.25, -0.2) is 4.98 Å². The maximum absolute atomic E-state index is 12.4. The number of hydrogen-bond acceptors (Lipinski definition) is 4. The van der Waals surface area contributed by atoms with Crippen molar-refractivity contribution >= 4 is 11.7 Å². The van der Waals surface area contributed by atoms with Gasteiger partial charge in [0.25, 0.3) is 5.91 Å². The average Bonchev–Trinajstić information content (AvgIpc) is 2.58. The smallest absolute Gasteiger partial charge is 0.253 e. The Labute approximate surface area is 132 Å². The Bertz CT molecular complexity index is 497. The van der Waals surface area contributed by atoms with Gasteiger partial charge in [0.1, 0.15) is 5.82 Å². The lowest BCUT2D eigenvalue weighted by Crippen LogP contribution is -2.41. The summed E-state index contributed by atoms with van der Waals surface area (Å²) >= 11 is 0. The SMILES string of the molecule is C[C@H]1CCCC[C@H]1NC(=O)c1ccc(N2CCOCC2)nc1. The Morgan fingerprint density at radius 2 is 2.05 bits per heavy atom. The molecule has 120 valence electrons. The zero-order valence-electron chi connectivity index (χ0n) is 13.3. The van der Waals surface area contributed by atoms with Crippen LogP contribution in [0.15, 0.2) is 18.3 Å². The molecular weight excluding hydrogens is 278 g/mol. The number of hydrogen-bond donors (Lipinski definition) is 1. The number of morpholine rings is 1. The van der Waals surface area contributed by atoms with Crippen LogP contribution >= 0.6 is 0 Å². The van der Waals surface area contributed by atoms with E-state index < -0.39 is 0 Å². The summed E-state index contributed by atoms with van der Waals surface area (Å²) in [6, 6.07) is 4.12. The van der Waals surface area contributed by atoms with Gasteiger partial charge in [0.15, 0.2) is 0 Å². The molecule has 2 fully saturated rings. The molecule has 0 radical (unpaired) electrons. The van der Waals surface area contributed by atoms with Gasteiger partial charge in [-0.2, -0.15) is 0 Å². The Morgan fingerprint density at radius 3 is 2.73 bits per heavy atom. The lowest BCUT2D eigenvalue weighted by atomic mass is 9.86. The summed E-state index contributed by atoms with van der Waals surface area (Å²) in [7, 11) is 0. The number of pyridine rings is 1. The van der Waals surface area contributed by atoms with Crippen LogP contribution in [0.5, 0.6) is 0 Å². The third-order valence-electron chi connectivity index (χ3n) is 4.77. The van der Waals surface area contributed by atoms with E-state index in [9.17, 15) is 4.79 Å². The Balaban J connectivity index is 1.60. The third kappa shape index (κ3) is 3.58. The first-order chi connectivity index (χ1) is 10.7. The topological polar surface area (TPSA) is 54.5 Å². The van der Waals surface area contributed by atoms with Crippen LogP contribution in [0.25, 0.3) is 0 Å². The molecule has 2 heterocycles. The number of nitrogens with one attached hydrogen (secondary N) is 1. The van der Waals surface area contributed by atoms with E-state index in [-0.39, 0.29) is 5.91 Å². The minimum absolute atomic E-state index is 0.000206. The molecule has 0 bridgehead atoms. The summed E-state index contributed by atoms with van der Waals surface area (Å²) in [5, 5.41) is 3.17.